The Morgan fingerprint density at radius 2 is 1.75 bits per heavy atom. The van der Waals surface area contributed by atoms with Gasteiger partial charge in [0.25, 0.3) is 0 Å². The van der Waals surface area contributed by atoms with Gasteiger partial charge in [0.05, 0.1) is 23.3 Å². The minimum absolute atomic E-state index is 0.0809. The van der Waals surface area contributed by atoms with Gasteiger partial charge < -0.3 is 10.2 Å². The van der Waals surface area contributed by atoms with Gasteiger partial charge in [-0.05, 0) is 49.3 Å². The highest BCUT2D eigenvalue weighted by Crippen LogP contribution is 2.45. The van der Waals surface area contributed by atoms with Crippen LogP contribution in [0.1, 0.15) is 57.7 Å². The molecule has 0 radical (unpaired) electrons. The summed E-state index contributed by atoms with van der Waals surface area (Å²) in [4.78, 5) is 15.1. The van der Waals surface area contributed by atoms with Gasteiger partial charge in [-0.3, -0.25) is 9.52 Å². The molecule has 158 valence electrons. The lowest BCUT2D eigenvalue weighted by Crippen LogP contribution is -2.30. The Morgan fingerprint density at radius 3 is 2.25 bits per heavy atom. The number of rotatable bonds is 6. The van der Waals surface area contributed by atoms with Gasteiger partial charge in [-0.25, -0.2) is 8.42 Å². The van der Waals surface area contributed by atoms with Gasteiger partial charge in [0, 0.05) is 18.5 Å². The number of anilines is 3. The van der Waals surface area contributed by atoms with E-state index in [1.807, 2.05) is 34.6 Å². The predicted octanol–water partition coefficient (Wildman–Crippen LogP) is 4.07. The van der Waals surface area contributed by atoms with Crippen molar-refractivity contribution in [1.29, 1.82) is 0 Å². The van der Waals surface area contributed by atoms with Gasteiger partial charge in [-0.2, -0.15) is 0 Å². The zero-order valence-electron chi connectivity index (χ0n) is 18.5. The highest BCUT2D eigenvalue weighted by Gasteiger charge is 2.31. The van der Waals surface area contributed by atoms with E-state index in [4.69, 9.17) is 0 Å². The summed E-state index contributed by atoms with van der Waals surface area (Å²) in [6, 6.07) is 0. The zero-order valence-corrected chi connectivity index (χ0v) is 19.3. The standard InChI is InChI=1S/C21H35N3O3S/c1-13(2)9-11-24-12-10-16-14(3)17(23-28(8,26)27)15(4)18(19(16)24)22-20(25)21(5,6)7/h13,23H,9-12H2,1-8H3,(H,22,25). The SMILES string of the molecule is Cc1c2c(c(NC(=O)C(C)(C)C)c(C)c1NS(C)(=O)=O)N(CCC(C)C)CC2. The van der Waals surface area contributed by atoms with Gasteiger partial charge in [-0.15, -0.1) is 0 Å². The summed E-state index contributed by atoms with van der Waals surface area (Å²) >= 11 is 0. The molecule has 0 saturated heterocycles. The molecule has 1 aromatic rings. The minimum atomic E-state index is -3.42. The van der Waals surface area contributed by atoms with Gasteiger partial charge in [0.15, 0.2) is 0 Å². The number of fused-ring (bicyclic) bond motifs is 1. The number of carbonyl (C=O) groups is 1. The number of nitrogens with zero attached hydrogens (tertiary/aromatic N) is 1. The van der Waals surface area contributed by atoms with Crippen LogP contribution >= 0.6 is 0 Å². The van der Waals surface area contributed by atoms with Crippen molar-refractivity contribution in [3.8, 4) is 0 Å². The minimum Gasteiger partial charge on any atom is -0.369 e. The maximum atomic E-state index is 12.8. The van der Waals surface area contributed by atoms with Crippen LogP contribution in [0.3, 0.4) is 0 Å². The number of benzene rings is 1. The molecule has 6 nitrogen and oxygen atoms in total. The van der Waals surface area contributed by atoms with E-state index in [0.29, 0.717) is 11.6 Å². The average Bonchev–Trinajstić information content (AvgIpc) is 2.95. The first kappa shape index (κ1) is 22.5. The zero-order chi connectivity index (χ0) is 21.4. The maximum absolute atomic E-state index is 12.8. The molecular weight excluding hydrogens is 374 g/mol. The predicted molar refractivity (Wildman–Crippen MR) is 118 cm³/mol. The second kappa shape index (κ2) is 7.93. The van der Waals surface area contributed by atoms with Gasteiger partial charge in [-0.1, -0.05) is 34.6 Å². The van der Waals surface area contributed by atoms with E-state index in [0.717, 1.165) is 60.3 Å². The molecule has 1 aliphatic heterocycles. The van der Waals surface area contributed by atoms with Crippen molar-refractivity contribution in [2.45, 2.75) is 61.3 Å². The third-order valence-corrected chi connectivity index (χ3v) is 5.81. The highest BCUT2D eigenvalue weighted by atomic mass is 32.2. The molecule has 7 heteroatoms. The van der Waals surface area contributed by atoms with Crippen molar-refractivity contribution in [3.63, 3.8) is 0 Å². The number of carbonyl (C=O) groups excluding carboxylic acids is 1. The van der Waals surface area contributed by atoms with Crippen LogP contribution in [0, 0.1) is 25.2 Å². The molecule has 2 rings (SSSR count). The second-order valence-corrected chi connectivity index (χ2v) is 11.1. The fraction of sp³-hybridized carbons (Fsp3) is 0.667. The Bertz CT molecular complexity index is 868. The third kappa shape index (κ3) is 4.99. The molecule has 0 unspecified atom stereocenters. The average molecular weight is 410 g/mol. The summed E-state index contributed by atoms with van der Waals surface area (Å²) in [6.07, 6.45) is 3.06. The van der Waals surface area contributed by atoms with Crippen LogP contribution in [0.25, 0.3) is 0 Å². The van der Waals surface area contributed by atoms with Crippen LogP contribution in [0.4, 0.5) is 17.1 Å². The van der Waals surface area contributed by atoms with Crippen LogP contribution in [0.5, 0.6) is 0 Å². The monoisotopic (exact) mass is 409 g/mol. The van der Waals surface area contributed by atoms with Crippen LogP contribution in [0.2, 0.25) is 0 Å². The number of nitrogens with one attached hydrogen (secondary N) is 2. The lowest BCUT2D eigenvalue weighted by Gasteiger charge is -2.28. The van der Waals surface area contributed by atoms with E-state index >= 15 is 0 Å². The Hall–Kier alpha value is -1.76. The molecule has 2 N–H and O–H groups in total. The number of amides is 1. The largest absolute Gasteiger partial charge is 0.369 e. The summed E-state index contributed by atoms with van der Waals surface area (Å²) in [5.74, 6) is 0.507. The molecule has 0 spiro atoms. The molecule has 1 aromatic carbocycles. The number of sulfonamides is 1. The summed E-state index contributed by atoms with van der Waals surface area (Å²) < 4.78 is 26.5. The van der Waals surface area contributed by atoms with E-state index in [9.17, 15) is 13.2 Å². The molecule has 0 aromatic heterocycles. The lowest BCUT2D eigenvalue weighted by atomic mass is 9.94. The first-order valence-corrected chi connectivity index (χ1v) is 11.8. The summed E-state index contributed by atoms with van der Waals surface area (Å²) in [5.41, 5.74) is 4.63. The lowest BCUT2D eigenvalue weighted by molar-refractivity contribution is -0.123. The smallest absolute Gasteiger partial charge is 0.229 e. The fourth-order valence-corrected chi connectivity index (χ4v) is 4.18. The van der Waals surface area contributed by atoms with Crippen LogP contribution < -0.4 is 14.9 Å². The van der Waals surface area contributed by atoms with Gasteiger partial charge in [0.2, 0.25) is 15.9 Å². The van der Waals surface area contributed by atoms with E-state index in [2.05, 4.69) is 28.8 Å². The van der Waals surface area contributed by atoms with Crippen molar-refractivity contribution >= 4 is 33.0 Å². The van der Waals surface area contributed by atoms with E-state index in [-0.39, 0.29) is 5.91 Å². The van der Waals surface area contributed by atoms with Crippen molar-refractivity contribution < 1.29 is 13.2 Å². The Kier molecular flexibility index (Phi) is 6.38. The number of hydrogen-bond donors (Lipinski definition) is 2. The summed E-state index contributed by atoms with van der Waals surface area (Å²) in [5, 5.41) is 3.11. The normalized spacial score (nSPS) is 14.4. The molecular formula is C21H35N3O3S. The van der Waals surface area contributed by atoms with E-state index < -0.39 is 15.4 Å². The van der Waals surface area contributed by atoms with Crippen molar-refractivity contribution in [2.24, 2.45) is 11.3 Å². The number of hydrogen-bond acceptors (Lipinski definition) is 4. The van der Waals surface area contributed by atoms with Crippen molar-refractivity contribution in [3.05, 3.63) is 16.7 Å². The molecule has 1 aliphatic rings. The molecule has 0 bridgehead atoms. The first-order chi connectivity index (χ1) is 12.7. The van der Waals surface area contributed by atoms with Crippen molar-refractivity contribution in [1.82, 2.24) is 0 Å². The topological polar surface area (TPSA) is 78.5 Å². The summed E-state index contributed by atoms with van der Waals surface area (Å²) in [6.45, 7) is 15.7. The molecule has 0 aliphatic carbocycles. The van der Waals surface area contributed by atoms with E-state index in [1.165, 1.54) is 0 Å². The Labute approximate surface area is 170 Å². The van der Waals surface area contributed by atoms with E-state index in [1.54, 1.807) is 0 Å². The Balaban J connectivity index is 2.63. The van der Waals surface area contributed by atoms with Crippen molar-refractivity contribution in [2.75, 3.05) is 34.3 Å². The molecule has 0 saturated carbocycles. The molecule has 0 atom stereocenters. The van der Waals surface area contributed by atoms with Gasteiger partial charge in [0.1, 0.15) is 0 Å². The second-order valence-electron chi connectivity index (χ2n) is 9.33. The molecule has 1 amide bonds. The van der Waals surface area contributed by atoms with Crippen LogP contribution in [0.15, 0.2) is 0 Å². The third-order valence-electron chi connectivity index (χ3n) is 5.23. The maximum Gasteiger partial charge on any atom is 0.229 e. The Morgan fingerprint density at radius 1 is 1.14 bits per heavy atom. The highest BCUT2D eigenvalue weighted by molar-refractivity contribution is 7.92. The molecule has 0 fully saturated rings. The summed E-state index contributed by atoms with van der Waals surface area (Å²) in [7, 11) is -3.42. The fourth-order valence-electron chi connectivity index (χ4n) is 3.51. The van der Waals surface area contributed by atoms with Crippen LogP contribution in [-0.4, -0.2) is 33.7 Å². The van der Waals surface area contributed by atoms with Gasteiger partial charge >= 0.3 is 0 Å². The quantitative estimate of drug-likeness (QED) is 0.742. The van der Waals surface area contributed by atoms with Crippen LogP contribution in [-0.2, 0) is 21.2 Å². The first-order valence-electron chi connectivity index (χ1n) is 9.92. The molecule has 28 heavy (non-hydrogen) atoms. The molecule has 1 heterocycles.